The highest BCUT2D eigenvalue weighted by Gasteiger charge is 2.34. The van der Waals surface area contributed by atoms with Crippen molar-refractivity contribution in [2.24, 2.45) is 5.14 Å². The zero-order valence-corrected chi connectivity index (χ0v) is 13.2. The zero-order chi connectivity index (χ0) is 13.8. The number of halogens is 1. The van der Waals surface area contributed by atoms with Crippen molar-refractivity contribution in [3.8, 4) is 10.7 Å². The summed E-state index contributed by atoms with van der Waals surface area (Å²) < 4.78 is 25.8. The predicted molar refractivity (Wildman–Crippen MR) is 75.4 cm³/mol. The Labute approximate surface area is 122 Å². The van der Waals surface area contributed by atoms with Crippen LogP contribution < -0.4 is 5.14 Å². The lowest BCUT2D eigenvalue weighted by Crippen LogP contribution is -2.18. The molecule has 0 radical (unpaired) electrons. The normalized spacial score (nSPS) is 15.9. The molecule has 19 heavy (non-hydrogen) atoms. The van der Waals surface area contributed by atoms with E-state index in [0.29, 0.717) is 5.82 Å². The topological polar surface area (TPSA) is 90.9 Å². The lowest BCUT2D eigenvalue weighted by molar-refractivity contribution is 0.567. The minimum Gasteiger partial charge on any atom is -0.293 e. The summed E-state index contributed by atoms with van der Waals surface area (Å²) >= 11 is 4.96. The van der Waals surface area contributed by atoms with Crippen molar-refractivity contribution in [1.82, 2.24) is 14.8 Å². The predicted octanol–water partition coefficient (Wildman–Crippen LogP) is 2.06. The van der Waals surface area contributed by atoms with Crippen LogP contribution in [0.15, 0.2) is 15.0 Å². The molecular formula is C10H11BrN4O2S2. The van der Waals surface area contributed by atoms with E-state index in [0.717, 1.165) is 27.1 Å². The molecule has 2 N–H and O–H groups in total. The van der Waals surface area contributed by atoms with Gasteiger partial charge in [0.1, 0.15) is 0 Å². The highest BCUT2D eigenvalue weighted by atomic mass is 79.9. The number of sulfonamides is 1. The summed E-state index contributed by atoms with van der Waals surface area (Å²) in [6.45, 7) is 1.97. The summed E-state index contributed by atoms with van der Waals surface area (Å²) in [5.41, 5.74) is 1.09. The molecular weight excluding hydrogens is 352 g/mol. The molecule has 6 nitrogen and oxygen atoms in total. The van der Waals surface area contributed by atoms with E-state index < -0.39 is 10.0 Å². The molecule has 1 aliphatic rings. The van der Waals surface area contributed by atoms with E-state index in [4.69, 9.17) is 5.14 Å². The van der Waals surface area contributed by atoms with Crippen molar-refractivity contribution in [3.05, 3.63) is 15.4 Å². The van der Waals surface area contributed by atoms with E-state index in [9.17, 15) is 8.42 Å². The molecule has 102 valence electrons. The van der Waals surface area contributed by atoms with Crippen LogP contribution in [0.25, 0.3) is 10.7 Å². The van der Waals surface area contributed by atoms with Crippen LogP contribution in [0.3, 0.4) is 0 Å². The van der Waals surface area contributed by atoms with Gasteiger partial charge in [-0.15, -0.1) is 21.5 Å². The third kappa shape index (κ3) is 2.35. The van der Waals surface area contributed by atoms with Crippen molar-refractivity contribution in [3.63, 3.8) is 0 Å². The van der Waals surface area contributed by atoms with E-state index >= 15 is 0 Å². The molecule has 1 fully saturated rings. The van der Waals surface area contributed by atoms with Crippen LogP contribution in [0.1, 0.15) is 24.4 Å². The number of nitrogens with zero attached hydrogens (tertiary/aromatic N) is 3. The lowest BCUT2D eigenvalue weighted by atomic mass is 10.3. The fourth-order valence-electron chi connectivity index (χ4n) is 1.87. The van der Waals surface area contributed by atoms with Crippen molar-refractivity contribution < 1.29 is 8.42 Å². The largest absolute Gasteiger partial charge is 0.293 e. The Morgan fingerprint density at radius 1 is 1.47 bits per heavy atom. The lowest BCUT2D eigenvalue weighted by Gasteiger charge is -2.05. The van der Waals surface area contributed by atoms with Gasteiger partial charge in [0.15, 0.2) is 5.82 Å². The fourth-order valence-corrected chi connectivity index (χ4v) is 4.05. The maximum atomic E-state index is 11.6. The molecule has 0 aromatic carbocycles. The highest BCUT2D eigenvalue weighted by molar-refractivity contribution is 9.11. The second-order valence-electron chi connectivity index (χ2n) is 4.52. The molecule has 0 saturated heterocycles. The maximum Gasteiger partial charge on any atom is 0.273 e. The van der Waals surface area contributed by atoms with Gasteiger partial charge in [0.25, 0.3) is 15.2 Å². The molecule has 1 aliphatic carbocycles. The summed E-state index contributed by atoms with van der Waals surface area (Å²) in [5, 5.41) is 12.8. The zero-order valence-electron chi connectivity index (χ0n) is 10.00. The summed E-state index contributed by atoms with van der Waals surface area (Å²) in [7, 11) is -3.85. The first kappa shape index (κ1) is 13.2. The van der Waals surface area contributed by atoms with Gasteiger partial charge in [-0.25, -0.2) is 13.6 Å². The minimum absolute atomic E-state index is 0.138. The average Bonchev–Trinajstić information content (AvgIpc) is 2.95. The number of nitrogens with two attached hydrogens (primary N) is 1. The number of aromatic nitrogens is 3. The third-order valence-corrected chi connectivity index (χ3v) is 5.83. The summed E-state index contributed by atoms with van der Waals surface area (Å²) in [5.74, 6) is 0.574. The van der Waals surface area contributed by atoms with Gasteiger partial charge in [0, 0.05) is 6.04 Å². The average molecular weight is 363 g/mol. The van der Waals surface area contributed by atoms with Gasteiger partial charge in [-0.1, -0.05) is 0 Å². The monoisotopic (exact) mass is 362 g/mol. The number of hydrogen-bond acceptors (Lipinski definition) is 5. The second-order valence-corrected chi connectivity index (χ2v) is 8.34. The summed E-state index contributed by atoms with van der Waals surface area (Å²) in [4.78, 5) is 0.888. The molecule has 0 amide bonds. The van der Waals surface area contributed by atoms with E-state index in [2.05, 4.69) is 26.1 Å². The Hall–Kier alpha value is -0.770. The minimum atomic E-state index is -3.85. The molecule has 9 heteroatoms. The number of primary sulfonamides is 1. The highest BCUT2D eigenvalue weighted by Crippen LogP contribution is 2.42. The van der Waals surface area contributed by atoms with Crippen LogP contribution in [-0.4, -0.2) is 23.2 Å². The fraction of sp³-hybridized carbons (Fsp3) is 0.400. The molecule has 2 aromatic rings. The number of hydrogen-bond donors (Lipinski definition) is 1. The molecule has 1 saturated carbocycles. The molecule has 0 unspecified atom stereocenters. The smallest absolute Gasteiger partial charge is 0.273 e. The van der Waals surface area contributed by atoms with E-state index in [1.165, 1.54) is 11.3 Å². The Bertz CT molecular complexity index is 726. The van der Waals surface area contributed by atoms with Crippen LogP contribution >= 0.6 is 27.3 Å². The van der Waals surface area contributed by atoms with Crippen LogP contribution in [0.2, 0.25) is 0 Å². The van der Waals surface area contributed by atoms with Crippen molar-refractivity contribution in [2.45, 2.75) is 31.0 Å². The van der Waals surface area contributed by atoms with Crippen LogP contribution in [0, 0.1) is 6.92 Å². The summed E-state index contributed by atoms with van der Waals surface area (Å²) in [6.07, 6.45) is 1.86. The first-order valence-electron chi connectivity index (χ1n) is 5.62. The van der Waals surface area contributed by atoms with Gasteiger partial charge in [-0.3, -0.25) is 4.57 Å². The number of rotatable bonds is 3. The first-order valence-corrected chi connectivity index (χ1v) is 8.77. The molecule has 0 atom stereocenters. The van der Waals surface area contributed by atoms with Crippen molar-refractivity contribution in [1.29, 1.82) is 0 Å². The van der Waals surface area contributed by atoms with Gasteiger partial charge < -0.3 is 0 Å². The van der Waals surface area contributed by atoms with Crippen LogP contribution in [0.4, 0.5) is 0 Å². The maximum absolute atomic E-state index is 11.6. The third-order valence-electron chi connectivity index (χ3n) is 2.91. The molecule has 3 rings (SSSR count). The SMILES string of the molecule is Cc1cc(-c2nnc(S(N)(=O)=O)n2C2CC2)sc1Br. The molecule has 0 bridgehead atoms. The van der Waals surface area contributed by atoms with Gasteiger partial charge in [0.2, 0.25) is 0 Å². The quantitative estimate of drug-likeness (QED) is 0.904. The van der Waals surface area contributed by atoms with Crippen molar-refractivity contribution >= 4 is 37.3 Å². The van der Waals surface area contributed by atoms with Gasteiger partial charge in [-0.05, 0) is 47.3 Å². The molecule has 2 aromatic heterocycles. The molecule has 0 aliphatic heterocycles. The Kier molecular flexibility index (Phi) is 3.04. The van der Waals surface area contributed by atoms with E-state index in [-0.39, 0.29) is 11.2 Å². The van der Waals surface area contributed by atoms with Crippen LogP contribution in [-0.2, 0) is 10.0 Å². The second kappa shape index (κ2) is 4.37. The molecule has 2 heterocycles. The Morgan fingerprint density at radius 2 is 2.16 bits per heavy atom. The Morgan fingerprint density at radius 3 is 2.63 bits per heavy atom. The standard InChI is InChI=1S/C10H11BrN4O2S2/c1-5-4-7(18-8(5)11)9-13-14-10(19(12,16)17)15(9)6-2-3-6/h4,6H,2-3H2,1H3,(H2,12,16,17). The molecule has 0 spiro atoms. The van der Waals surface area contributed by atoms with Crippen LogP contribution in [0.5, 0.6) is 0 Å². The van der Waals surface area contributed by atoms with Gasteiger partial charge >= 0.3 is 0 Å². The number of thiophene rings is 1. The van der Waals surface area contributed by atoms with Gasteiger partial charge in [-0.2, -0.15) is 0 Å². The van der Waals surface area contributed by atoms with E-state index in [1.54, 1.807) is 4.57 Å². The Balaban J connectivity index is 2.19. The first-order chi connectivity index (χ1) is 8.88. The van der Waals surface area contributed by atoms with Gasteiger partial charge in [0.05, 0.1) is 8.66 Å². The number of aryl methyl sites for hydroxylation is 1. The van der Waals surface area contributed by atoms with Crippen molar-refractivity contribution in [2.75, 3.05) is 0 Å². The summed E-state index contributed by atoms with van der Waals surface area (Å²) in [6, 6.07) is 2.10. The van der Waals surface area contributed by atoms with E-state index in [1.807, 2.05) is 13.0 Å².